The molecule has 0 bridgehead atoms. The zero-order valence-corrected chi connectivity index (χ0v) is 11.9. The lowest BCUT2D eigenvalue weighted by Crippen LogP contribution is -2.38. The van der Waals surface area contributed by atoms with Gasteiger partial charge in [-0.15, -0.1) is 0 Å². The van der Waals surface area contributed by atoms with E-state index in [1.54, 1.807) is 4.68 Å². The molecule has 2 rings (SSSR count). The predicted molar refractivity (Wildman–Crippen MR) is 70.1 cm³/mol. The van der Waals surface area contributed by atoms with E-state index in [0.29, 0.717) is 19.0 Å². The van der Waals surface area contributed by atoms with Gasteiger partial charge in [0.1, 0.15) is 0 Å². The van der Waals surface area contributed by atoms with Crippen molar-refractivity contribution in [2.45, 2.75) is 13.0 Å². The van der Waals surface area contributed by atoms with E-state index in [-0.39, 0.29) is 6.03 Å². The molecule has 1 aliphatic heterocycles. The number of nitrogens with one attached hydrogen (secondary N) is 2. The van der Waals surface area contributed by atoms with Crippen molar-refractivity contribution in [2.75, 3.05) is 19.8 Å². The number of hydrogen-bond acceptors (Lipinski definition) is 3. The Morgan fingerprint density at radius 3 is 3.11 bits per heavy atom. The molecule has 1 atom stereocenters. The Labute approximate surface area is 114 Å². The second kappa shape index (κ2) is 6.19. The largest absolute Gasteiger partial charge is 0.381 e. The summed E-state index contributed by atoms with van der Waals surface area (Å²) in [5.41, 5.74) is 0.817. The van der Waals surface area contributed by atoms with Gasteiger partial charge in [-0.25, -0.2) is 4.79 Å². The molecular weight excluding hydrogens is 300 g/mol. The zero-order chi connectivity index (χ0) is 13.0. The molecule has 0 radical (unpaired) electrons. The fraction of sp³-hybridized carbons (Fsp3) is 0.636. The maximum absolute atomic E-state index is 11.6. The van der Waals surface area contributed by atoms with Crippen molar-refractivity contribution in [2.24, 2.45) is 13.0 Å². The number of halogens is 1. The summed E-state index contributed by atoms with van der Waals surface area (Å²) in [5.74, 6) is 0.442. The van der Waals surface area contributed by atoms with Crippen LogP contribution in [-0.2, 0) is 18.3 Å². The highest BCUT2D eigenvalue weighted by molar-refractivity contribution is 9.10. The Morgan fingerprint density at radius 1 is 1.67 bits per heavy atom. The maximum Gasteiger partial charge on any atom is 0.315 e. The highest BCUT2D eigenvalue weighted by Gasteiger charge is 2.16. The first-order valence-electron chi connectivity index (χ1n) is 5.92. The number of ether oxygens (including phenoxy) is 1. The lowest BCUT2D eigenvalue weighted by atomic mass is 10.1. The van der Waals surface area contributed by atoms with Crippen molar-refractivity contribution in [3.05, 3.63) is 16.4 Å². The van der Waals surface area contributed by atoms with E-state index in [0.717, 1.165) is 29.8 Å². The second-order valence-electron chi connectivity index (χ2n) is 4.39. The predicted octanol–water partition coefficient (Wildman–Crippen LogP) is 1.02. The minimum atomic E-state index is -0.167. The Kier molecular flexibility index (Phi) is 4.60. The van der Waals surface area contributed by atoms with Crippen molar-refractivity contribution < 1.29 is 9.53 Å². The van der Waals surface area contributed by atoms with E-state index in [1.165, 1.54) is 0 Å². The molecule has 1 aromatic heterocycles. The molecule has 0 aromatic carbocycles. The quantitative estimate of drug-likeness (QED) is 0.871. The van der Waals surface area contributed by atoms with Crippen molar-refractivity contribution in [1.82, 2.24) is 20.4 Å². The molecule has 1 fully saturated rings. The normalized spacial score (nSPS) is 18.9. The van der Waals surface area contributed by atoms with Gasteiger partial charge in [-0.05, 0) is 22.4 Å². The van der Waals surface area contributed by atoms with Crippen LogP contribution in [-0.4, -0.2) is 35.6 Å². The molecule has 0 saturated carbocycles. The van der Waals surface area contributed by atoms with Gasteiger partial charge in [-0.3, -0.25) is 4.68 Å². The van der Waals surface area contributed by atoms with Crippen molar-refractivity contribution >= 4 is 22.0 Å². The third-order valence-electron chi connectivity index (χ3n) is 2.85. The molecule has 1 aliphatic rings. The van der Waals surface area contributed by atoms with E-state index in [2.05, 4.69) is 31.7 Å². The van der Waals surface area contributed by atoms with Gasteiger partial charge in [0, 0.05) is 32.3 Å². The number of aromatic nitrogens is 2. The molecular formula is C11H17BrN4O2. The fourth-order valence-electron chi connectivity index (χ4n) is 1.83. The second-order valence-corrected chi connectivity index (χ2v) is 5.24. The summed E-state index contributed by atoms with van der Waals surface area (Å²) in [6.45, 7) is 2.62. The number of nitrogens with zero attached hydrogens (tertiary/aromatic N) is 2. The smallest absolute Gasteiger partial charge is 0.315 e. The van der Waals surface area contributed by atoms with E-state index in [9.17, 15) is 4.79 Å². The van der Waals surface area contributed by atoms with Crippen molar-refractivity contribution in [1.29, 1.82) is 0 Å². The number of carbonyl (C=O) groups is 1. The summed E-state index contributed by atoms with van der Waals surface area (Å²) >= 11 is 3.39. The van der Waals surface area contributed by atoms with Crippen LogP contribution in [0.2, 0.25) is 0 Å². The molecule has 7 heteroatoms. The first-order chi connectivity index (χ1) is 8.65. The van der Waals surface area contributed by atoms with Crippen LogP contribution in [0.4, 0.5) is 4.79 Å². The molecule has 2 heterocycles. The van der Waals surface area contributed by atoms with Crippen LogP contribution in [0.15, 0.2) is 10.7 Å². The Bertz CT molecular complexity index is 415. The van der Waals surface area contributed by atoms with Crippen LogP contribution in [0.1, 0.15) is 12.1 Å². The SMILES string of the molecule is Cn1cc(Br)c(CNC(=O)NCC2CCOC2)n1. The Hall–Kier alpha value is -1.08. The number of rotatable bonds is 4. The average molecular weight is 317 g/mol. The van der Waals surface area contributed by atoms with Crippen LogP contribution < -0.4 is 10.6 Å². The average Bonchev–Trinajstić information content (AvgIpc) is 2.94. The zero-order valence-electron chi connectivity index (χ0n) is 10.3. The van der Waals surface area contributed by atoms with Gasteiger partial charge < -0.3 is 15.4 Å². The number of carbonyl (C=O) groups excluding carboxylic acids is 1. The summed E-state index contributed by atoms with van der Waals surface area (Å²) in [6.07, 6.45) is 2.87. The molecule has 2 N–H and O–H groups in total. The summed E-state index contributed by atoms with van der Waals surface area (Å²) in [5, 5.41) is 9.85. The van der Waals surface area contributed by atoms with Gasteiger partial charge in [0.25, 0.3) is 0 Å². The molecule has 18 heavy (non-hydrogen) atoms. The standard InChI is InChI=1S/C11H17BrN4O2/c1-16-6-9(12)10(15-16)5-14-11(17)13-4-8-2-3-18-7-8/h6,8H,2-5,7H2,1H3,(H2,13,14,17). The topological polar surface area (TPSA) is 68.2 Å². The van der Waals surface area contributed by atoms with Crippen LogP contribution in [0.3, 0.4) is 0 Å². The van der Waals surface area contributed by atoms with Crippen LogP contribution >= 0.6 is 15.9 Å². The van der Waals surface area contributed by atoms with Gasteiger partial charge in [-0.1, -0.05) is 0 Å². The van der Waals surface area contributed by atoms with Crippen LogP contribution in [0.5, 0.6) is 0 Å². The first-order valence-corrected chi connectivity index (χ1v) is 6.72. The third kappa shape index (κ3) is 3.71. The van der Waals surface area contributed by atoms with E-state index < -0.39 is 0 Å². The minimum Gasteiger partial charge on any atom is -0.381 e. The highest BCUT2D eigenvalue weighted by atomic mass is 79.9. The summed E-state index contributed by atoms with van der Waals surface area (Å²) in [4.78, 5) is 11.6. The number of hydrogen-bond donors (Lipinski definition) is 2. The summed E-state index contributed by atoms with van der Waals surface area (Å²) in [6, 6.07) is -0.167. The molecule has 100 valence electrons. The molecule has 1 saturated heterocycles. The lowest BCUT2D eigenvalue weighted by Gasteiger charge is -2.10. The van der Waals surface area contributed by atoms with Crippen molar-refractivity contribution in [3.63, 3.8) is 0 Å². The molecule has 1 aromatic rings. The van der Waals surface area contributed by atoms with Gasteiger partial charge in [0.05, 0.1) is 23.3 Å². The minimum absolute atomic E-state index is 0.167. The molecule has 6 nitrogen and oxygen atoms in total. The van der Waals surface area contributed by atoms with Gasteiger partial charge in [-0.2, -0.15) is 5.10 Å². The monoisotopic (exact) mass is 316 g/mol. The third-order valence-corrected chi connectivity index (χ3v) is 3.51. The number of urea groups is 1. The molecule has 0 spiro atoms. The van der Waals surface area contributed by atoms with Crippen LogP contribution in [0, 0.1) is 5.92 Å². The van der Waals surface area contributed by atoms with E-state index in [4.69, 9.17) is 4.74 Å². The van der Waals surface area contributed by atoms with Gasteiger partial charge in [0.2, 0.25) is 0 Å². The molecule has 0 aliphatic carbocycles. The Balaban J connectivity index is 1.69. The van der Waals surface area contributed by atoms with Gasteiger partial charge >= 0.3 is 6.03 Å². The molecule has 2 amide bonds. The van der Waals surface area contributed by atoms with Crippen LogP contribution in [0.25, 0.3) is 0 Å². The summed E-state index contributed by atoms with van der Waals surface area (Å²) in [7, 11) is 1.84. The lowest BCUT2D eigenvalue weighted by molar-refractivity contribution is 0.185. The van der Waals surface area contributed by atoms with E-state index in [1.807, 2.05) is 13.2 Å². The fourth-order valence-corrected chi connectivity index (χ4v) is 2.35. The van der Waals surface area contributed by atoms with E-state index >= 15 is 0 Å². The summed E-state index contributed by atoms with van der Waals surface area (Å²) < 4.78 is 7.85. The highest BCUT2D eigenvalue weighted by Crippen LogP contribution is 2.13. The Morgan fingerprint density at radius 2 is 2.50 bits per heavy atom. The van der Waals surface area contributed by atoms with Crippen molar-refractivity contribution in [3.8, 4) is 0 Å². The number of amides is 2. The number of aryl methyl sites for hydroxylation is 1. The molecule has 1 unspecified atom stereocenters. The van der Waals surface area contributed by atoms with Gasteiger partial charge in [0.15, 0.2) is 0 Å². The first kappa shape index (κ1) is 13.4. The maximum atomic E-state index is 11.6.